The summed E-state index contributed by atoms with van der Waals surface area (Å²) >= 11 is 0. The molecule has 0 bridgehead atoms. The van der Waals surface area contributed by atoms with Crippen LogP contribution in [0.3, 0.4) is 0 Å². The number of benzene rings is 2. The number of hydrogen-bond donors (Lipinski definition) is 1. The summed E-state index contributed by atoms with van der Waals surface area (Å²) in [7, 11) is 0. The molecule has 21 heavy (non-hydrogen) atoms. The number of fused-ring (bicyclic) bond motifs is 1. The SMILES string of the molecule is Cc1ccc2c(c1)C(Nc1ccc([N+](=O)[O-])c(C)c1)CC2. The van der Waals surface area contributed by atoms with Crippen LogP contribution in [0, 0.1) is 24.0 Å². The molecule has 1 atom stereocenters. The second kappa shape index (κ2) is 5.20. The summed E-state index contributed by atoms with van der Waals surface area (Å²) in [4.78, 5) is 10.5. The number of nitro benzene ring substituents is 1. The minimum absolute atomic E-state index is 0.170. The number of anilines is 1. The zero-order valence-electron chi connectivity index (χ0n) is 12.2. The quantitative estimate of drug-likeness (QED) is 0.674. The van der Waals surface area contributed by atoms with E-state index < -0.39 is 0 Å². The smallest absolute Gasteiger partial charge is 0.272 e. The molecule has 0 aliphatic heterocycles. The van der Waals surface area contributed by atoms with Crippen LogP contribution in [0.2, 0.25) is 0 Å². The molecule has 0 spiro atoms. The fourth-order valence-electron chi connectivity index (χ4n) is 3.02. The molecule has 0 radical (unpaired) electrons. The van der Waals surface area contributed by atoms with E-state index in [1.54, 1.807) is 19.1 Å². The standard InChI is InChI=1S/C17H18N2O2/c1-11-3-4-13-5-7-16(15(13)9-11)18-14-6-8-17(19(20)21)12(2)10-14/h3-4,6,8-10,16,18H,5,7H2,1-2H3. The highest BCUT2D eigenvalue weighted by atomic mass is 16.6. The predicted molar refractivity (Wildman–Crippen MR) is 83.7 cm³/mol. The maximum absolute atomic E-state index is 10.9. The average Bonchev–Trinajstić information content (AvgIpc) is 2.81. The monoisotopic (exact) mass is 282 g/mol. The van der Waals surface area contributed by atoms with Gasteiger partial charge in [0, 0.05) is 17.3 Å². The van der Waals surface area contributed by atoms with Gasteiger partial charge >= 0.3 is 0 Å². The number of nitro groups is 1. The van der Waals surface area contributed by atoms with Crippen molar-refractivity contribution < 1.29 is 4.92 Å². The molecule has 0 fully saturated rings. The van der Waals surface area contributed by atoms with Crippen LogP contribution in [0.25, 0.3) is 0 Å². The van der Waals surface area contributed by atoms with Gasteiger partial charge in [-0.25, -0.2) is 0 Å². The Kier molecular flexibility index (Phi) is 3.37. The zero-order chi connectivity index (χ0) is 15.0. The number of hydrogen-bond acceptors (Lipinski definition) is 3. The van der Waals surface area contributed by atoms with Crippen molar-refractivity contribution in [3.8, 4) is 0 Å². The molecule has 0 heterocycles. The Hall–Kier alpha value is -2.36. The minimum Gasteiger partial charge on any atom is -0.378 e. The van der Waals surface area contributed by atoms with Gasteiger partial charge in [-0.3, -0.25) is 10.1 Å². The Bertz CT molecular complexity index is 710. The van der Waals surface area contributed by atoms with Gasteiger partial charge in [0.2, 0.25) is 0 Å². The Balaban J connectivity index is 1.85. The summed E-state index contributed by atoms with van der Waals surface area (Å²) in [5.41, 5.74) is 5.82. The van der Waals surface area contributed by atoms with Crippen LogP contribution in [-0.2, 0) is 6.42 Å². The molecule has 4 nitrogen and oxygen atoms in total. The van der Waals surface area contributed by atoms with Crippen LogP contribution in [0.15, 0.2) is 36.4 Å². The molecule has 0 saturated heterocycles. The summed E-state index contributed by atoms with van der Waals surface area (Å²) in [6.45, 7) is 3.88. The number of nitrogens with one attached hydrogen (secondary N) is 1. The molecular formula is C17H18N2O2. The Morgan fingerprint density at radius 1 is 1.19 bits per heavy atom. The zero-order valence-corrected chi connectivity index (χ0v) is 12.2. The lowest BCUT2D eigenvalue weighted by Gasteiger charge is -2.16. The second-order valence-corrected chi connectivity index (χ2v) is 5.70. The van der Waals surface area contributed by atoms with Gasteiger partial charge in [-0.05, 0) is 49.9 Å². The van der Waals surface area contributed by atoms with Crippen LogP contribution in [0.4, 0.5) is 11.4 Å². The van der Waals surface area contributed by atoms with Gasteiger partial charge in [-0.1, -0.05) is 23.8 Å². The number of rotatable bonds is 3. The normalized spacial score (nSPS) is 16.6. The van der Waals surface area contributed by atoms with Gasteiger partial charge in [-0.15, -0.1) is 0 Å². The molecule has 0 aromatic heterocycles. The Morgan fingerprint density at radius 2 is 2.00 bits per heavy atom. The van der Waals surface area contributed by atoms with Crippen molar-refractivity contribution in [2.45, 2.75) is 32.7 Å². The third-order valence-corrected chi connectivity index (χ3v) is 4.11. The lowest BCUT2D eigenvalue weighted by molar-refractivity contribution is -0.385. The van der Waals surface area contributed by atoms with Crippen molar-refractivity contribution in [1.82, 2.24) is 0 Å². The largest absolute Gasteiger partial charge is 0.378 e. The van der Waals surface area contributed by atoms with Crippen molar-refractivity contribution in [3.63, 3.8) is 0 Å². The van der Waals surface area contributed by atoms with Crippen LogP contribution >= 0.6 is 0 Å². The summed E-state index contributed by atoms with van der Waals surface area (Å²) in [6, 6.07) is 12.1. The van der Waals surface area contributed by atoms with Crippen LogP contribution < -0.4 is 5.32 Å². The van der Waals surface area contributed by atoms with Gasteiger partial charge in [0.1, 0.15) is 0 Å². The fourth-order valence-corrected chi connectivity index (χ4v) is 3.02. The van der Waals surface area contributed by atoms with Gasteiger partial charge in [0.15, 0.2) is 0 Å². The van der Waals surface area contributed by atoms with Crippen LogP contribution in [0.5, 0.6) is 0 Å². The van der Waals surface area contributed by atoms with E-state index in [2.05, 4.69) is 30.4 Å². The third kappa shape index (κ3) is 2.61. The first-order valence-electron chi connectivity index (χ1n) is 7.15. The van der Waals surface area contributed by atoms with Crippen molar-refractivity contribution >= 4 is 11.4 Å². The molecule has 0 saturated carbocycles. The summed E-state index contributed by atoms with van der Waals surface area (Å²) in [6.07, 6.45) is 2.15. The predicted octanol–water partition coefficient (Wildman–Crippen LogP) is 4.31. The summed E-state index contributed by atoms with van der Waals surface area (Å²) in [5.74, 6) is 0. The second-order valence-electron chi connectivity index (χ2n) is 5.70. The van der Waals surface area contributed by atoms with E-state index in [0.717, 1.165) is 18.5 Å². The fraction of sp³-hybridized carbons (Fsp3) is 0.294. The van der Waals surface area contributed by atoms with Gasteiger partial charge < -0.3 is 5.32 Å². The van der Waals surface area contributed by atoms with Crippen molar-refractivity contribution in [2.75, 3.05) is 5.32 Å². The van der Waals surface area contributed by atoms with E-state index in [-0.39, 0.29) is 10.6 Å². The summed E-state index contributed by atoms with van der Waals surface area (Å²) < 4.78 is 0. The number of nitrogens with zero attached hydrogens (tertiary/aromatic N) is 1. The van der Waals surface area contributed by atoms with Gasteiger partial charge in [0.05, 0.1) is 11.0 Å². The molecule has 1 aliphatic rings. The van der Waals surface area contributed by atoms with Crippen LogP contribution in [-0.4, -0.2) is 4.92 Å². The topological polar surface area (TPSA) is 55.2 Å². The van der Waals surface area contributed by atoms with Crippen molar-refractivity contribution in [1.29, 1.82) is 0 Å². The molecule has 1 unspecified atom stereocenters. The Morgan fingerprint density at radius 3 is 2.71 bits per heavy atom. The molecule has 3 rings (SSSR count). The van der Waals surface area contributed by atoms with E-state index in [0.29, 0.717) is 11.6 Å². The highest BCUT2D eigenvalue weighted by Crippen LogP contribution is 2.35. The van der Waals surface area contributed by atoms with Gasteiger partial charge in [0.25, 0.3) is 5.69 Å². The van der Waals surface area contributed by atoms with Crippen molar-refractivity contribution in [3.05, 3.63) is 68.8 Å². The first-order chi connectivity index (χ1) is 10.0. The van der Waals surface area contributed by atoms with E-state index in [1.165, 1.54) is 16.7 Å². The molecule has 108 valence electrons. The average molecular weight is 282 g/mol. The lowest BCUT2D eigenvalue weighted by atomic mass is 10.0. The lowest BCUT2D eigenvalue weighted by Crippen LogP contribution is -2.07. The maximum atomic E-state index is 10.9. The maximum Gasteiger partial charge on any atom is 0.272 e. The molecule has 2 aromatic carbocycles. The molecule has 0 amide bonds. The van der Waals surface area contributed by atoms with E-state index in [1.807, 2.05) is 6.07 Å². The van der Waals surface area contributed by atoms with Crippen molar-refractivity contribution in [2.24, 2.45) is 0 Å². The van der Waals surface area contributed by atoms with E-state index >= 15 is 0 Å². The first kappa shape index (κ1) is 13.6. The third-order valence-electron chi connectivity index (χ3n) is 4.11. The molecule has 2 aromatic rings. The Labute approximate surface area is 124 Å². The van der Waals surface area contributed by atoms with Gasteiger partial charge in [-0.2, -0.15) is 0 Å². The molecule has 1 aliphatic carbocycles. The van der Waals surface area contributed by atoms with E-state index in [9.17, 15) is 10.1 Å². The molecular weight excluding hydrogens is 264 g/mol. The highest BCUT2D eigenvalue weighted by molar-refractivity contribution is 5.55. The summed E-state index contributed by atoms with van der Waals surface area (Å²) in [5, 5.41) is 14.4. The first-order valence-corrected chi connectivity index (χ1v) is 7.15. The molecule has 4 heteroatoms. The molecule has 1 N–H and O–H groups in total. The number of aryl methyl sites for hydroxylation is 3. The van der Waals surface area contributed by atoms with E-state index in [4.69, 9.17) is 0 Å². The highest BCUT2D eigenvalue weighted by Gasteiger charge is 2.22. The minimum atomic E-state index is -0.340. The van der Waals surface area contributed by atoms with Crippen LogP contribution in [0.1, 0.15) is 34.7 Å².